The van der Waals surface area contributed by atoms with Crippen molar-refractivity contribution in [3.8, 4) is 22.7 Å². The van der Waals surface area contributed by atoms with Gasteiger partial charge in [-0.05, 0) is 24.3 Å². The van der Waals surface area contributed by atoms with Gasteiger partial charge in [0.1, 0.15) is 5.69 Å². The smallest absolute Gasteiger partial charge is 0.358 e. The molecule has 1 aromatic carbocycles. The highest BCUT2D eigenvalue weighted by Gasteiger charge is 2.22. The van der Waals surface area contributed by atoms with Gasteiger partial charge in [0.2, 0.25) is 0 Å². The zero-order valence-corrected chi connectivity index (χ0v) is 12.0. The van der Waals surface area contributed by atoms with E-state index >= 15 is 0 Å². The third kappa shape index (κ3) is 2.61. The highest BCUT2D eigenvalue weighted by Crippen LogP contribution is 2.27. The maximum atomic E-state index is 13.9. The van der Waals surface area contributed by atoms with Gasteiger partial charge >= 0.3 is 5.97 Å². The number of halogens is 1. The number of carbonyl (C=O) groups is 1. The van der Waals surface area contributed by atoms with Crippen LogP contribution in [0.5, 0.6) is 5.75 Å². The Morgan fingerprint density at radius 3 is 2.61 bits per heavy atom. The van der Waals surface area contributed by atoms with E-state index in [1.54, 1.807) is 18.2 Å². The van der Waals surface area contributed by atoms with Crippen molar-refractivity contribution in [1.29, 1.82) is 0 Å². The van der Waals surface area contributed by atoms with Crippen LogP contribution in [-0.4, -0.2) is 38.2 Å². The van der Waals surface area contributed by atoms with Gasteiger partial charge in [0.15, 0.2) is 17.3 Å². The van der Waals surface area contributed by atoms with Crippen molar-refractivity contribution in [3.05, 3.63) is 54.2 Å². The monoisotopic (exact) mass is 314 g/mol. The molecular formula is C15H11FN4O3. The predicted molar refractivity (Wildman–Crippen MR) is 78.1 cm³/mol. The van der Waals surface area contributed by atoms with E-state index in [4.69, 9.17) is 4.74 Å². The van der Waals surface area contributed by atoms with E-state index < -0.39 is 11.8 Å². The Kier molecular flexibility index (Phi) is 3.71. The fraction of sp³-hybridized carbons (Fsp3) is 0.0667. The van der Waals surface area contributed by atoms with Gasteiger partial charge < -0.3 is 9.84 Å². The lowest BCUT2D eigenvalue weighted by atomic mass is 10.1. The molecule has 7 nitrogen and oxygen atoms in total. The fourth-order valence-corrected chi connectivity index (χ4v) is 2.16. The van der Waals surface area contributed by atoms with E-state index in [9.17, 15) is 14.3 Å². The van der Waals surface area contributed by atoms with Crippen LogP contribution in [0.4, 0.5) is 4.39 Å². The number of aromatic nitrogens is 4. The lowest BCUT2D eigenvalue weighted by Crippen LogP contribution is -2.04. The maximum Gasteiger partial charge on any atom is 0.358 e. The standard InChI is InChI=1S/C15H11FN4O3/c1-23-12-3-2-10(8-11(12)16)20-14(9-4-6-17-7-5-9)13(15(21)22)18-19-20/h2-8H,1H3,(H,21,22). The van der Waals surface area contributed by atoms with E-state index in [0.717, 1.165) is 0 Å². The van der Waals surface area contributed by atoms with E-state index in [0.29, 0.717) is 11.3 Å². The molecule has 8 heteroatoms. The molecule has 2 heterocycles. The van der Waals surface area contributed by atoms with Gasteiger partial charge in [-0.3, -0.25) is 4.98 Å². The van der Waals surface area contributed by atoms with Crippen LogP contribution in [0.2, 0.25) is 0 Å². The minimum absolute atomic E-state index is 0.0813. The van der Waals surface area contributed by atoms with Crippen molar-refractivity contribution in [2.24, 2.45) is 0 Å². The summed E-state index contributed by atoms with van der Waals surface area (Å²) in [6, 6.07) is 7.45. The van der Waals surface area contributed by atoms with Crippen molar-refractivity contribution in [2.45, 2.75) is 0 Å². The van der Waals surface area contributed by atoms with Crippen LogP contribution in [0.25, 0.3) is 16.9 Å². The van der Waals surface area contributed by atoms with Crippen LogP contribution in [-0.2, 0) is 0 Å². The minimum atomic E-state index is -1.22. The first-order valence-corrected chi connectivity index (χ1v) is 6.55. The summed E-state index contributed by atoms with van der Waals surface area (Å²) in [4.78, 5) is 15.3. The normalized spacial score (nSPS) is 10.5. The van der Waals surface area contributed by atoms with E-state index in [-0.39, 0.29) is 17.1 Å². The first-order chi connectivity index (χ1) is 11.1. The molecule has 0 unspecified atom stereocenters. The number of benzene rings is 1. The average Bonchev–Trinajstić information content (AvgIpc) is 3.00. The number of carboxylic acids is 1. The molecule has 0 spiro atoms. The molecule has 0 aliphatic heterocycles. The molecule has 3 rings (SSSR count). The molecule has 0 radical (unpaired) electrons. The van der Waals surface area contributed by atoms with Gasteiger partial charge in [0, 0.05) is 24.0 Å². The lowest BCUT2D eigenvalue weighted by molar-refractivity contribution is 0.0691. The largest absolute Gasteiger partial charge is 0.494 e. The van der Waals surface area contributed by atoms with E-state index in [1.807, 2.05) is 0 Å². The number of carboxylic acid groups (broad SMARTS) is 1. The highest BCUT2D eigenvalue weighted by atomic mass is 19.1. The number of methoxy groups -OCH3 is 1. The summed E-state index contributed by atoms with van der Waals surface area (Å²) < 4.78 is 20.1. The topological polar surface area (TPSA) is 90.1 Å². The van der Waals surface area contributed by atoms with Crippen LogP contribution < -0.4 is 4.74 Å². The summed E-state index contributed by atoms with van der Waals surface area (Å²) in [7, 11) is 1.36. The molecule has 116 valence electrons. The lowest BCUT2D eigenvalue weighted by Gasteiger charge is -2.08. The summed E-state index contributed by atoms with van der Waals surface area (Å²) in [5.74, 6) is -1.73. The molecule has 1 N–H and O–H groups in total. The molecule has 2 aromatic heterocycles. The SMILES string of the molecule is COc1ccc(-n2nnc(C(=O)O)c2-c2ccncc2)cc1F. The molecule has 0 bridgehead atoms. The molecule has 0 fully saturated rings. The molecule has 0 saturated carbocycles. The molecule has 0 aliphatic carbocycles. The predicted octanol–water partition coefficient (Wildman–Crippen LogP) is 2.18. The van der Waals surface area contributed by atoms with Crippen molar-refractivity contribution < 1.29 is 19.0 Å². The molecule has 0 amide bonds. The van der Waals surface area contributed by atoms with Crippen molar-refractivity contribution in [3.63, 3.8) is 0 Å². The molecule has 0 saturated heterocycles. The van der Waals surface area contributed by atoms with Gasteiger partial charge in [-0.25, -0.2) is 13.9 Å². The number of hydrogen-bond acceptors (Lipinski definition) is 5. The molecule has 3 aromatic rings. The number of nitrogens with zero attached hydrogens (tertiary/aromatic N) is 4. The van der Waals surface area contributed by atoms with Crippen molar-refractivity contribution in [1.82, 2.24) is 20.0 Å². The summed E-state index contributed by atoms with van der Waals surface area (Å²) in [6.45, 7) is 0. The van der Waals surface area contributed by atoms with Crippen LogP contribution in [0, 0.1) is 5.82 Å². The molecular weight excluding hydrogens is 303 g/mol. The van der Waals surface area contributed by atoms with Crippen LogP contribution >= 0.6 is 0 Å². The van der Waals surface area contributed by atoms with Gasteiger partial charge in [0.25, 0.3) is 0 Å². The second kappa shape index (κ2) is 5.84. The number of pyridine rings is 1. The van der Waals surface area contributed by atoms with Crippen molar-refractivity contribution in [2.75, 3.05) is 7.11 Å². The number of aromatic carboxylic acids is 1. The Morgan fingerprint density at radius 2 is 2.00 bits per heavy atom. The van der Waals surface area contributed by atoms with Crippen LogP contribution in [0.1, 0.15) is 10.5 Å². The van der Waals surface area contributed by atoms with Gasteiger partial charge in [-0.2, -0.15) is 0 Å². The van der Waals surface area contributed by atoms with E-state index in [1.165, 1.54) is 36.3 Å². The first-order valence-electron chi connectivity index (χ1n) is 6.55. The number of hydrogen-bond donors (Lipinski definition) is 1. The average molecular weight is 314 g/mol. The number of ether oxygens (including phenoxy) is 1. The Hall–Kier alpha value is -3.29. The van der Waals surface area contributed by atoms with Gasteiger partial charge in [0.05, 0.1) is 12.8 Å². The highest BCUT2D eigenvalue weighted by molar-refractivity contribution is 5.93. The van der Waals surface area contributed by atoms with Crippen LogP contribution in [0.3, 0.4) is 0 Å². The van der Waals surface area contributed by atoms with Crippen molar-refractivity contribution >= 4 is 5.97 Å². The Labute approximate surface area is 130 Å². The summed E-state index contributed by atoms with van der Waals surface area (Å²) >= 11 is 0. The third-order valence-corrected chi connectivity index (χ3v) is 3.21. The molecule has 0 aliphatic rings. The Balaban J connectivity index is 2.21. The zero-order valence-electron chi connectivity index (χ0n) is 12.0. The minimum Gasteiger partial charge on any atom is -0.494 e. The fourth-order valence-electron chi connectivity index (χ4n) is 2.16. The summed E-state index contributed by atoms with van der Waals surface area (Å²) in [5.41, 5.74) is 0.894. The summed E-state index contributed by atoms with van der Waals surface area (Å²) in [5, 5.41) is 16.8. The first kappa shape index (κ1) is 14.6. The second-order valence-electron chi connectivity index (χ2n) is 4.56. The van der Waals surface area contributed by atoms with Crippen LogP contribution in [0.15, 0.2) is 42.7 Å². The Morgan fingerprint density at radius 1 is 1.26 bits per heavy atom. The zero-order chi connectivity index (χ0) is 16.4. The quantitative estimate of drug-likeness (QED) is 0.794. The van der Waals surface area contributed by atoms with Gasteiger partial charge in [-0.15, -0.1) is 5.10 Å². The van der Waals surface area contributed by atoms with Gasteiger partial charge in [-0.1, -0.05) is 5.21 Å². The summed E-state index contributed by atoms with van der Waals surface area (Å²) in [6.07, 6.45) is 3.04. The van der Waals surface area contributed by atoms with E-state index in [2.05, 4.69) is 15.3 Å². The second-order valence-corrected chi connectivity index (χ2v) is 4.56. The Bertz CT molecular complexity index is 864. The number of rotatable bonds is 4. The third-order valence-electron chi connectivity index (χ3n) is 3.21. The maximum absolute atomic E-state index is 13.9. The molecule has 23 heavy (non-hydrogen) atoms. The molecule has 0 atom stereocenters.